The molecule has 1 aromatic heterocycles. The van der Waals surface area contributed by atoms with Gasteiger partial charge in [-0.15, -0.1) is 0 Å². The summed E-state index contributed by atoms with van der Waals surface area (Å²) < 4.78 is 5.62. The monoisotopic (exact) mass is 274 g/mol. The second-order valence-corrected chi connectivity index (χ2v) is 5.39. The first kappa shape index (κ1) is 13.6. The average Bonchev–Trinajstić information content (AvgIpc) is 2.91. The summed E-state index contributed by atoms with van der Waals surface area (Å²) in [6.07, 6.45) is 1.82. The third-order valence-corrected chi connectivity index (χ3v) is 3.96. The van der Waals surface area contributed by atoms with Gasteiger partial charge in [0.05, 0.1) is 12.3 Å². The summed E-state index contributed by atoms with van der Waals surface area (Å²) in [4.78, 5) is 2.34. The molecule has 5 nitrogen and oxygen atoms in total. The SMILES string of the molecule is CN1CCN(NC(CN)c2coc3ccccc23)CC1. The fraction of sp³-hybridized carbons (Fsp3) is 0.467. The molecule has 108 valence electrons. The van der Waals surface area contributed by atoms with Gasteiger partial charge in [0, 0.05) is 43.7 Å². The standard InChI is InChI=1S/C15H22N4O/c1-18-6-8-19(9-7-18)17-14(10-16)13-11-20-15-5-3-2-4-12(13)15/h2-5,11,14,17H,6-10,16H2,1H3. The van der Waals surface area contributed by atoms with Gasteiger partial charge in [0.2, 0.25) is 0 Å². The first-order chi connectivity index (χ1) is 9.78. The van der Waals surface area contributed by atoms with Crippen LogP contribution in [0.2, 0.25) is 0 Å². The number of rotatable bonds is 4. The molecule has 1 unspecified atom stereocenters. The minimum Gasteiger partial charge on any atom is -0.464 e. The number of hydrogen-bond acceptors (Lipinski definition) is 5. The van der Waals surface area contributed by atoms with Crippen molar-refractivity contribution in [3.05, 3.63) is 36.1 Å². The van der Waals surface area contributed by atoms with Crippen LogP contribution in [0.5, 0.6) is 0 Å². The Balaban J connectivity index is 1.76. The maximum atomic E-state index is 5.96. The van der Waals surface area contributed by atoms with Gasteiger partial charge in [-0.25, -0.2) is 10.4 Å². The maximum Gasteiger partial charge on any atom is 0.134 e. The molecule has 0 bridgehead atoms. The van der Waals surface area contributed by atoms with Gasteiger partial charge >= 0.3 is 0 Å². The highest BCUT2D eigenvalue weighted by molar-refractivity contribution is 5.81. The van der Waals surface area contributed by atoms with Crippen LogP contribution in [0.4, 0.5) is 0 Å². The van der Waals surface area contributed by atoms with Crippen LogP contribution in [0.3, 0.4) is 0 Å². The van der Waals surface area contributed by atoms with Gasteiger partial charge in [0.15, 0.2) is 0 Å². The number of benzene rings is 1. The molecule has 20 heavy (non-hydrogen) atoms. The number of hydrogen-bond donors (Lipinski definition) is 2. The highest BCUT2D eigenvalue weighted by atomic mass is 16.3. The molecule has 3 rings (SSSR count). The lowest BCUT2D eigenvalue weighted by Crippen LogP contribution is -2.52. The maximum absolute atomic E-state index is 5.96. The van der Waals surface area contributed by atoms with Gasteiger partial charge in [-0.05, 0) is 13.1 Å². The summed E-state index contributed by atoms with van der Waals surface area (Å²) in [5.41, 5.74) is 11.6. The minimum absolute atomic E-state index is 0.0991. The topological polar surface area (TPSA) is 57.7 Å². The molecule has 5 heteroatoms. The summed E-state index contributed by atoms with van der Waals surface area (Å²) in [6.45, 7) is 4.74. The lowest BCUT2D eigenvalue weighted by Gasteiger charge is -2.35. The second-order valence-electron chi connectivity index (χ2n) is 5.39. The van der Waals surface area contributed by atoms with Crippen molar-refractivity contribution in [3.8, 4) is 0 Å². The molecular weight excluding hydrogens is 252 g/mol. The Hall–Kier alpha value is -1.40. The Bertz CT molecular complexity index is 560. The van der Waals surface area contributed by atoms with Crippen molar-refractivity contribution >= 4 is 11.0 Å². The van der Waals surface area contributed by atoms with Crippen molar-refractivity contribution in [1.29, 1.82) is 0 Å². The molecule has 0 aliphatic carbocycles. The number of hydrazine groups is 1. The van der Waals surface area contributed by atoms with Crippen molar-refractivity contribution < 1.29 is 4.42 Å². The molecule has 1 aliphatic heterocycles. The molecule has 1 fully saturated rings. The van der Waals surface area contributed by atoms with E-state index < -0.39 is 0 Å². The number of furan rings is 1. The Kier molecular flexibility index (Phi) is 4.03. The molecule has 2 aromatic rings. The van der Waals surface area contributed by atoms with E-state index in [1.54, 1.807) is 0 Å². The summed E-state index contributed by atoms with van der Waals surface area (Å²) in [7, 11) is 2.15. The third-order valence-electron chi connectivity index (χ3n) is 3.96. The Morgan fingerprint density at radius 1 is 1.25 bits per heavy atom. The van der Waals surface area contributed by atoms with Crippen molar-refractivity contribution in [2.45, 2.75) is 6.04 Å². The van der Waals surface area contributed by atoms with Crippen molar-refractivity contribution in [1.82, 2.24) is 15.3 Å². The van der Waals surface area contributed by atoms with E-state index in [4.69, 9.17) is 10.2 Å². The quantitative estimate of drug-likeness (QED) is 0.877. The van der Waals surface area contributed by atoms with Gasteiger partial charge in [-0.1, -0.05) is 18.2 Å². The fourth-order valence-corrected chi connectivity index (χ4v) is 2.67. The zero-order valence-corrected chi connectivity index (χ0v) is 11.9. The van der Waals surface area contributed by atoms with E-state index in [2.05, 4.69) is 28.4 Å². The van der Waals surface area contributed by atoms with Crippen LogP contribution >= 0.6 is 0 Å². The largest absolute Gasteiger partial charge is 0.464 e. The first-order valence-electron chi connectivity index (χ1n) is 7.14. The van der Waals surface area contributed by atoms with E-state index in [1.807, 2.05) is 24.5 Å². The first-order valence-corrected chi connectivity index (χ1v) is 7.14. The Labute approximate surface area is 119 Å². The molecule has 2 heterocycles. The van der Waals surface area contributed by atoms with Crippen LogP contribution in [-0.4, -0.2) is 49.7 Å². The molecule has 1 aliphatic rings. The van der Waals surface area contributed by atoms with Crippen LogP contribution in [0.1, 0.15) is 11.6 Å². The van der Waals surface area contributed by atoms with Gasteiger partial charge < -0.3 is 15.1 Å². The number of fused-ring (bicyclic) bond motifs is 1. The molecule has 0 saturated carbocycles. The molecule has 1 atom stereocenters. The molecule has 1 aromatic carbocycles. The molecule has 0 radical (unpaired) electrons. The zero-order valence-electron chi connectivity index (χ0n) is 11.9. The average molecular weight is 274 g/mol. The highest BCUT2D eigenvalue weighted by Gasteiger charge is 2.20. The van der Waals surface area contributed by atoms with Crippen LogP contribution in [0.25, 0.3) is 11.0 Å². The van der Waals surface area contributed by atoms with Gasteiger partial charge in [-0.2, -0.15) is 0 Å². The van der Waals surface area contributed by atoms with Gasteiger partial charge in [-0.3, -0.25) is 0 Å². The summed E-state index contributed by atoms with van der Waals surface area (Å²) in [6, 6.07) is 8.19. The van der Waals surface area contributed by atoms with E-state index >= 15 is 0 Å². The van der Waals surface area contributed by atoms with E-state index in [1.165, 1.54) is 0 Å². The highest BCUT2D eigenvalue weighted by Crippen LogP contribution is 2.26. The molecule has 0 amide bonds. The smallest absolute Gasteiger partial charge is 0.134 e. The van der Waals surface area contributed by atoms with E-state index in [0.29, 0.717) is 6.54 Å². The number of nitrogens with one attached hydrogen (secondary N) is 1. The third kappa shape index (κ3) is 2.71. The lowest BCUT2D eigenvalue weighted by molar-refractivity contribution is 0.0881. The lowest BCUT2D eigenvalue weighted by atomic mass is 10.1. The van der Waals surface area contributed by atoms with Gasteiger partial charge in [0.1, 0.15) is 5.58 Å². The minimum atomic E-state index is 0.0991. The number of nitrogens with zero attached hydrogens (tertiary/aromatic N) is 2. The number of nitrogens with two attached hydrogens (primary N) is 1. The molecule has 0 spiro atoms. The Morgan fingerprint density at radius 2 is 2.00 bits per heavy atom. The summed E-state index contributed by atoms with van der Waals surface area (Å²) in [5.74, 6) is 0. The van der Waals surface area contributed by atoms with Crippen molar-refractivity contribution in [2.24, 2.45) is 5.73 Å². The number of para-hydroxylation sites is 1. The number of piperazine rings is 1. The molecular formula is C15H22N4O. The Morgan fingerprint density at radius 3 is 2.75 bits per heavy atom. The summed E-state index contributed by atoms with van der Waals surface area (Å²) >= 11 is 0. The fourth-order valence-electron chi connectivity index (χ4n) is 2.67. The predicted octanol–water partition coefficient (Wildman–Crippen LogP) is 1.18. The van der Waals surface area contributed by atoms with Crippen molar-refractivity contribution in [2.75, 3.05) is 39.8 Å². The van der Waals surface area contributed by atoms with Crippen molar-refractivity contribution in [3.63, 3.8) is 0 Å². The van der Waals surface area contributed by atoms with E-state index in [-0.39, 0.29) is 6.04 Å². The molecule has 1 saturated heterocycles. The van der Waals surface area contributed by atoms with Crippen LogP contribution < -0.4 is 11.2 Å². The van der Waals surface area contributed by atoms with Crippen LogP contribution in [-0.2, 0) is 0 Å². The summed E-state index contributed by atoms with van der Waals surface area (Å²) in [5, 5.41) is 3.41. The van der Waals surface area contributed by atoms with Gasteiger partial charge in [0.25, 0.3) is 0 Å². The van der Waals surface area contributed by atoms with Crippen LogP contribution in [0, 0.1) is 0 Å². The van der Waals surface area contributed by atoms with E-state index in [0.717, 1.165) is 42.7 Å². The zero-order chi connectivity index (χ0) is 13.9. The normalized spacial score (nSPS) is 19.5. The molecule has 3 N–H and O–H groups in total. The predicted molar refractivity (Wildman–Crippen MR) is 80.2 cm³/mol. The number of likely N-dealkylation sites (N-methyl/N-ethyl adjacent to an activating group) is 1. The second kappa shape index (κ2) is 5.93. The van der Waals surface area contributed by atoms with Crippen LogP contribution in [0.15, 0.2) is 34.9 Å². The van der Waals surface area contributed by atoms with E-state index in [9.17, 15) is 0 Å².